The molecule has 118 valence electrons. The molecule has 1 heterocycles. The molecule has 0 radical (unpaired) electrons. The van der Waals surface area contributed by atoms with Crippen molar-refractivity contribution in [3.63, 3.8) is 0 Å². The highest BCUT2D eigenvalue weighted by Gasteiger charge is 2.37. The minimum Gasteiger partial charge on any atom is -0.311 e. The molecule has 0 aliphatic carbocycles. The fraction of sp³-hybridized carbons (Fsp3) is 0.647. The van der Waals surface area contributed by atoms with Gasteiger partial charge >= 0.3 is 0 Å². The van der Waals surface area contributed by atoms with E-state index in [2.05, 4.69) is 37.9 Å². The SMILES string of the molecule is CCC1(C)CNC(C(C)C)CN1Cc1cccc(F)c1F. The van der Waals surface area contributed by atoms with Crippen molar-refractivity contribution in [2.45, 2.75) is 52.2 Å². The standard InChI is InChI=1S/C17H26F2N2/c1-5-17(4)11-20-15(12(2)3)10-21(17)9-13-7-6-8-14(18)16(13)19/h6-8,12,15,20H,5,9-11H2,1-4H3. The van der Waals surface area contributed by atoms with Crippen molar-refractivity contribution in [2.24, 2.45) is 5.92 Å². The molecule has 1 aliphatic heterocycles. The lowest BCUT2D eigenvalue weighted by Gasteiger charge is -2.49. The summed E-state index contributed by atoms with van der Waals surface area (Å²) >= 11 is 0. The Kier molecular flexibility index (Phi) is 4.99. The molecule has 1 aromatic rings. The molecular weight excluding hydrogens is 270 g/mol. The third-order valence-electron chi connectivity index (χ3n) is 4.88. The van der Waals surface area contributed by atoms with Crippen LogP contribution in [-0.4, -0.2) is 29.6 Å². The van der Waals surface area contributed by atoms with Crippen LogP contribution < -0.4 is 5.32 Å². The van der Waals surface area contributed by atoms with E-state index >= 15 is 0 Å². The van der Waals surface area contributed by atoms with E-state index in [4.69, 9.17) is 0 Å². The van der Waals surface area contributed by atoms with Gasteiger partial charge in [-0.2, -0.15) is 0 Å². The molecule has 1 N–H and O–H groups in total. The zero-order chi connectivity index (χ0) is 15.6. The lowest BCUT2D eigenvalue weighted by molar-refractivity contribution is 0.0307. The highest BCUT2D eigenvalue weighted by Crippen LogP contribution is 2.27. The first-order chi connectivity index (χ1) is 9.87. The van der Waals surface area contributed by atoms with Crippen molar-refractivity contribution in [3.05, 3.63) is 35.4 Å². The van der Waals surface area contributed by atoms with Crippen LogP contribution in [0.1, 0.15) is 39.7 Å². The first-order valence-electron chi connectivity index (χ1n) is 7.78. The molecule has 2 unspecified atom stereocenters. The Hall–Kier alpha value is -1.00. The molecular formula is C17H26F2N2. The molecule has 1 aliphatic rings. The van der Waals surface area contributed by atoms with Crippen molar-refractivity contribution in [1.82, 2.24) is 10.2 Å². The van der Waals surface area contributed by atoms with Gasteiger partial charge in [0, 0.05) is 36.8 Å². The summed E-state index contributed by atoms with van der Waals surface area (Å²) in [5, 5.41) is 3.59. The maximum atomic E-state index is 14.0. The zero-order valence-corrected chi connectivity index (χ0v) is 13.4. The second-order valence-electron chi connectivity index (χ2n) is 6.68. The van der Waals surface area contributed by atoms with Crippen molar-refractivity contribution < 1.29 is 8.78 Å². The van der Waals surface area contributed by atoms with Crippen LogP contribution in [0.25, 0.3) is 0 Å². The average Bonchev–Trinajstić information content (AvgIpc) is 2.45. The summed E-state index contributed by atoms with van der Waals surface area (Å²) in [6, 6.07) is 4.83. The van der Waals surface area contributed by atoms with Gasteiger partial charge < -0.3 is 5.32 Å². The molecule has 0 bridgehead atoms. The topological polar surface area (TPSA) is 15.3 Å². The highest BCUT2D eigenvalue weighted by atomic mass is 19.2. The molecule has 4 heteroatoms. The lowest BCUT2D eigenvalue weighted by atomic mass is 9.88. The maximum Gasteiger partial charge on any atom is 0.163 e. The molecule has 0 saturated carbocycles. The summed E-state index contributed by atoms with van der Waals surface area (Å²) in [7, 11) is 0. The lowest BCUT2D eigenvalue weighted by Crippen LogP contribution is -2.63. The van der Waals surface area contributed by atoms with E-state index in [1.54, 1.807) is 12.1 Å². The van der Waals surface area contributed by atoms with Crippen molar-refractivity contribution in [2.75, 3.05) is 13.1 Å². The van der Waals surface area contributed by atoms with E-state index < -0.39 is 11.6 Å². The van der Waals surface area contributed by atoms with E-state index in [0.29, 0.717) is 24.1 Å². The number of nitrogens with zero attached hydrogens (tertiary/aromatic N) is 1. The second-order valence-corrected chi connectivity index (χ2v) is 6.68. The molecule has 2 atom stereocenters. The van der Waals surface area contributed by atoms with Gasteiger partial charge in [0.05, 0.1) is 0 Å². The van der Waals surface area contributed by atoms with E-state index in [-0.39, 0.29) is 5.54 Å². The molecule has 2 rings (SSSR count). The minimum atomic E-state index is -0.763. The molecule has 2 nitrogen and oxygen atoms in total. The van der Waals surface area contributed by atoms with Gasteiger partial charge in [-0.05, 0) is 25.3 Å². The van der Waals surface area contributed by atoms with Crippen LogP contribution in [0.4, 0.5) is 8.78 Å². The second kappa shape index (κ2) is 6.41. The van der Waals surface area contributed by atoms with Crippen molar-refractivity contribution in [1.29, 1.82) is 0 Å². The largest absolute Gasteiger partial charge is 0.311 e. The highest BCUT2D eigenvalue weighted by molar-refractivity contribution is 5.19. The van der Waals surface area contributed by atoms with Crippen molar-refractivity contribution >= 4 is 0 Å². The van der Waals surface area contributed by atoms with Crippen LogP contribution in [0, 0.1) is 17.6 Å². The zero-order valence-electron chi connectivity index (χ0n) is 13.4. The average molecular weight is 296 g/mol. The number of rotatable bonds is 4. The van der Waals surface area contributed by atoms with Gasteiger partial charge in [-0.3, -0.25) is 4.90 Å². The van der Waals surface area contributed by atoms with Crippen molar-refractivity contribution in [3.8, 4) is 0 Å². The Labute approximate surface area is 126 Å². The van der Waals surface area contributed by atoms with Gasteiger partial charge in [0.2, 0.25) is 0 Å². The van der Waals surface area contributed by atoms with Crippen LogP contribution in [0.2, 0.25) is 0 Å². The molecule has 1 fully saturated rings. The van der Waals surface area contributed by atoms with Crippen LogP contribution in [-0.2, 0) is 6.54 Å². The molecule has 1 aromatic carbocycles. The quantitative estimate of drug-likeness (QED) is 0.914. The van der Waals surface area contributed by atoms with E-state index in [0.717, 1.165) is 19.5 Å². The third-order valence-corrected chi connectivity index (χ3v) is 4.88. The van der Waals surface area contributed by atoms with Crippen LogP contribution in [0.3, 0.4) is 0 Å². The summed E-state index contributed by atoms with van der Waals surface area (Å²) in [6.45, 7) is 10.9. The fourth-order valence-corrected chi connectivity index (χ4v) is 2.91. The van der Waals surface area contributed by atoms with Gasteiger partial charge in [0.1, 0.15) is 0 Å². The van der Waals surface area contributed by atoms with Gasteiger partial charge in [-0.15, -0.1) is 0 Å². The smallest absolute Gasteiger partial charge is 0.163 e. The number of halogens is 2. The summed E-state index contributed by atoms with van der Waals surface area (Å²) in [6.07, 6.45) is 0.974. The normalized spacial score (nSPS) is 27.3. The van der Waals surface area contributed by atoms with E-state index in [1.165, 1.54) is 6.07 Å². The Bertz CT molecular complexity index is 490. The Morgan fingerprint density at radius 2 is 2.10 bits per heavy atom. The number of hydrogen-bond donors (Lipinski definition) is 1. The van der Waals surface area contributed by atoms with Crippen LogP contribution in [0.5, 0.6) is 0 Å². The van der Waals surface area contributed by atoms with Gasteiger partial charge in [-0.25, -0.2) is 8.78 Å². The first kappa shape index (κ1) is 16.4. The Morgan fingerprint density at radius 1 is 1.38 bits per heavy atom. The number of benzene rings is 1. The first-order valence-corrected chi connectivity index (χ1v) is 7.78. The maximum absolute atomic E-state index is 14.0. The minimum absolute atomic E-state index is 0.0237. The molecule has 0 aromatic heterocycles. The van der Waals surface area contributed by atoms with Crippen LogP contribution in [0.15, 0.2) is 18.2 Å². The third kappa shape index (κ3) is 3.43. The Morgan fingerprint density at radius 3 is 2.71 bits per heavy atom. The Balaban J connectivity index is 2.22. The van der Waals surface area contributed by atoms with Gasteiger partial charge in [0.15, 0.2) is 11.6 Å². The monoisotopic (exact) mass is 296 g/mol. The number of piperazine rings is 1. The van der Waals surface area contributed by atoms with Crippen LogP contribution >= 0.6 is 0 Å². The van der Waals surface area contributed by atoms with Gasteiger partial charge in [-0.1, -0.05) is 32.9 Å². The van der Waals surface area contributed by atoms with E-state index in [9.17, 15) is 8.78 Å². The molecule has 21 heavy (non-hydrogen) atoms. The summed E-state index contributed by atoms with van der Waals surface area (Å²) in [4.78, 5) is 2.30. The molecule has 0 amide bonds. The summed E-state index contributed by atoms with van der Waals surface area (Å²) in [5.74, 6) is -0.955. The number of nitrogens with one attached hydrogen (secondary N) is 1. The molecule has 1 saturated heterocycles. The predicted molar refractivity (Wildman–Crippen MR) is 82.1 cm³/mol. The predicted octanol–water partition coefficient (Wildman–Crippen LogP) is 3.56. The number of hydrogen-bond acceptors (Lipinski definition) is 2. The fourth-order valence-electron chi connectivity index (χ4n) is 2.91. The summed E-state index contributed by atoms with van der Waals surface area (Å²) in [5.41, 5.74) is 0.420. The summed E-state index contributed by atoms with van der Waals surface area (Å²) < 4.78 is 27.4. The van der Waals surface area contributed by atoms with Gasteiger partial charge in [0.25, 0.3) is 0 Å². The molecule has 0 spiro atoms. The van der Waals surface area contributed by atoms with E-state index in [1.807, 2.05) is 0 Å².